The van der Waals surface area contributed by atoms with Gasteiger partial charge in [0.05, 0.1) is 5.57 Å². The molecule has 3 heteroatoms. The van der Waals surface area contributed by atoms with Gasteiger partial charge in [0.15, 0.2) is 0 Å². The highest BCUT2D eigenvalue weighted by atomic mass is 35.5. The van der Waals surface area contributed by atoms with E-state index in [-0.39, 0.29) is 5.57 Å². The van der Waals surface area contributed by atoms with Crippen LogP contribution in [-0.2, 0) is 4.79 Å². The molecule has 0 fully saturated rings. The Balaban J connectivity index is 2.43. The van der Waals surface area contributed by atoms with E-state index in [1.807, 2.05) is 31.2 Å². The zero-order chi connectivity index (χ0) is 13.8. The Morgan fingerprint density at radius 2 is 1.63 bits per heavy atom. The normalized spacial score (nSPS) is 11.4. The number of carboxylic acids is 1. The first-order valence-electron chi connectivity index (χ1n) is 5.84. The van der Waals surface area contributed by atoms with Crippen LogP contribution in [0.15, 0.2) is 48.5 Å². The summed E-state index contributed by atoms with van der Waals surface area (Å²) in [5.41, 5.74) is 2.89. The molecule has 0 unspecified atom stereocenters. The fourth-order valence-electron chi connectivity index (χ4n) is 1.73. The first-order chi connectivity index (χ1) is 9.06. The number of hydrogen-bond acceptors (Lipinski definition) is 1. The Labute approximate surface area is 117 Å². The third-order valence-corrected chi connectivity index (χ3v) is 3.03. The molecule has 2 aromatic carbocycles. The van der Waals surface area contributed by atoms with E-state index >= 15 is 0 Å². The Kier molecular flexibility index (Phi) is 4.03. The molecule has 0 aliphatic heterocycles. The van der Waals surface area contributed by atoms with Gasteiger partial charge in [-0.1, -0.05) is 53.6 Å². The molecule has 0 saturated heterocycles. The summed E-state index contributed by atoms with van der Waals surface area (Å²) < 4.78 is 0. The van der Waals surface area contributed by atoms with E-state index in [2.05, 4.69) is 0 Å². The monoisotopic (exact) mass is 272 g/mol. The Bertz CT molecular complexity index is 610. The largest absolute Gasteiger partial charge is 0.478 e. The van der Waals surface area contributed by atoms with Gasteiger partial charge >= 0.3 is 5.97 Å². The van der Waals surface area contributed by atoms with Gasteiger partial charge in [0, 0.05) is 5.02 Å². The van der Waals surface area contributed by atoms with Crippen LogP contribution in [0.5, 0.6) is 0 Å². The SMILES string of the molecule is Cc1ccc(/C=C(/C(=O)O)c2ccc(Cl)cc2)cc1. The molecular formula is C16H13ClO2. The van der Waals surface area contributed by atoms with Crippen molar-refractivity contribution in [3.63, 3.8) is 0 Å². The minimum absolute atomic E-state index is 0.250. The van der Waals surface area contributed by atoms with Crippen LogP contribution in [0.1, 0.15) is 16.7 Å². The summed E-state index contributed by atoms with van der Waals surface area (Å²) in [4.78, 5) is 11.4. The number of benzene rings is 2. The molecule has 1 N–H and O–H groups in total. The summed E-state index contributed by atoms with van der Waals surface area (Å²) in [6.07, 6.45) is 1.66. The minimum Gasteiger partial charge on any atom is -0.478 e. The van der Waals surface area contributed by atoms with Gasteiger partial charge in [0.25, 0.3) is 0 Å². The summed E-state index contributed by atoms with van der Waals surface area (Å²) >= 11 is 5.81. The van der Waals surface area contributed by atoms with Crippen LogP contribution < -0.4 is 0 Å². The number of carboxylic acid groups (broad SMARTS) is 1. The highest BCUT2D eigenvalue weighted by Crippen LogP contribution is 2.21. The predicted molar refractivity (Wildman–Crippen MR) is 78.1 cm³/mol. The third-order valence-electron chi connectivity index (χ3n) is 2.77. The zero-order valence-electron chi connectivity index (χ0n) is 10.4. The van der Waals surface area contributed by atoms with Crippen molar-refractivity contribution in [3.8, 4) is 0 Å². The van der Waals surface area contributed by atoms with E-state index in [9.17, 15) is 9.90 Å². The molecule has 0 aliphatic carbocycles. The average molecular weight is 273 g/mol. The minimum atomic E-state index is -0.956. The molecule has 0 spiro atoms. The van der Waals surface area contributed by atoms with Crippen LogP contribution >= 0.6 is 11.6 Å². The maximum Gasteiger partial charge on any atom is 0.336 e. The molecule has 0 saturated carbocycles. The second-order valence-electron chi connectivity index (χ2n) is 4.28. The van der Waals surface area contributed by atoms with E-state index in [0.29, 0.717) is 10.6 Å². The van der Waals surface area contributed by atoms with E-state index < -0.39 is 5.97 Å². The van der Waals surface area contributed by atoms with Gasteiger partial charge in [-0.25, -0.2) is 4.79 Å². The van der Waals surface area contributed by atoms with Gasteiger partial charge in [-0.2, -0.15) is 0 Å². The number of halogens is 1. The first-order valence-corrected chi connectivity index (χ1v) is 6.21. The number of rotatable bonds is 3. The number of aryl methyl sites for hydroxylation is 1. The summed E-state index contributed by atoms with van der Waals surface area (Å²) in [6.45, 7) is 1.99. The van der Waals surface area contributed by atoms with Crippen LogP contribution in [0, 0.1) is 6.92 Å². The van der Waals surface area contributed by atoms with Gasteiger partial charge in [-0.3, -0.25) is 0 Å². The fourth-order valence-corrected chi connectivity index (χ4v) is 1.85. The summed E-state index contributed by atoms with van der Waals surface area (Å²) in [7, 11) is 0. The van der Waals surface area contributed by atoms with E-state index in [4.69, 9.17) is 11.6 Å². The second kappa shape index (κ2) is 5.72. The quantitative estimate of drug-likeness (QED) is 0.669. The predicted octanol–water partition coefficient (Wildman–Crippen LogP) is 4.27. The number of aliphatic carboxylic acids is 1. The van der Waals surface area contributed by atoms with Crippen molar-refractivity contribution in [1.29, 1.82) is 0 Å². The van der Waals surface area contributed by atoms with Crippen LogP contribution in [0.4, 0.5) is 0 Å². The van der Waals surface area contributed by atoms with Crippen LogP contribution in [0.25, 0.3) is 11.6 Å². The average Bonchev–Trinajstić information content (AvgIpc) is 2.39. The van der Waals surface area contributed by atoms with Crippen LogP contribution in [0.3, 0.4) is 0 Å². The number of carbonyl (C=O) groups is 1. The molecule has 0 aliphatic rings. The van der Waals surface area contributed by atoms with E-state index in [0.717, 1.165) is 11.1 Å². The summed E-state index contributed by atoms with van der Waals surface area (Å²) in [5.74, 6) is -0.956. The third kappa shape index (κ3) is 3.46. The van der Waals surface area contributed by atoms with Crippen molar-refractivity contribution < 1.29 is 9.90 Å². The van der Waals surface area contributed by atoms with Crippen molar-refractivity contribution in [3.05, 3.63) is 70.2 Å². The molecule has 96 valence electrons. The zero-order valence-corrected chi connectivity index (χ0v) is 11.2. The van der Waals surface area contributed by atoms with Crippen LogP contribution in [-0.4, -0.2) is 11.1 Å². The van der Waals surface area contributed by atoms with Crippen LogP contribution in [0.2, 0.25) is 5.02 Å². The number of hydrogen-bond donors (Lipinski definition) is 1. The molecule has 2 rings (SSSR count). The lowest BCUT2D eigenvalue weighted by molar-refractivity contribution is -0.130. The molecule has 0 heterocycles. The maximum atomic E-state index is 11.4. The lowest BCUT2D eigenvalue weighted by Gasteiger charge is -2.04. The topological polar surface area (TPSA) is 37.3 Å². The maximum absolute atomic E-state index is 11.4. The molecule has 0 bridgehead atoms. The molecule has 0 amide bonds. The van der Waals surface area contributed by atoms with Gasteiger partial charge in [-0.15, -0.1) is 0 Å². The lowest BCUT2D eigenvalue weighted by atomic mass is 10.0. The van der Waals surface area contributed by atoms with Crippen molar-refractivity contribution in [1.82, 2.24) is 0 Å². The first kappa shape index (κ1) is 13.4. The van der Waals surface area contributed by atoms with Gasteiger partial charge < -0.3 is 5.11 Å². The molecule has 0 atom stereocenters. The Hall–Kier alpha value is -2.06. The molecule has 19 heavy (non-hydrogen) atoms. The van der Waals surface area contributed by atoms with Crippen molar-refractivity contribution in [2.24, 2.45) is 0 Å². The highest BCUT2D eigenvalue weighted by Gasteiger charge is 2.10. The van der Waals surface area contributed by atoms with E-state index in [1.165, 1.54) is 0 Å². The van der Waals surface area contributed by atoms with Crippen molar-refractivity contribution in [2.75, 3.05) is 0 Å². The van der Waals surface area contributed by atoms with Gasteiger partial charge in [-0.05, 0) is 36.3 Å². The van der Waals surface area contributed by atoms with E-state index in [1.54, 1.807) is 30.3 Å². The fraction of sp³-hybridized carbons (Fsp3) is 0.0625. The lowest BCUT2D eigenvalue weighted by Crippen LogP contribution is -1.99. The van der Waals surface area contributed by atoms with Crippen molar-refractivity contribution in [2.45, 2.75) is 6.92 Å². The smallest absolute Gasteiger partial charge is 0.336 e. The molecule has 0 radical (unpaired) electrons. The van der Waals surface area contributed by atoms with Gasteiger partial charge in [0.2, 0.25) is 0 Å². The van der Waals surface area contributed by atoms with Crippen molar-refractivity contribution >= 4 is 29.2 Å². The summed E-state index contributed by atoms with van der Waals surface area (Å²) in [6, 6.07) is 14.5. The molecule has 0 aromatic heterocycles. The molecule has 2 aromatic rings. The summed E-state index contributed by atoms with van der Waals surface area (Å²) in [5, 5.41) is 9.90. The Morgan fingerprint density at radius 1 is 1.05 bits per heavy atom. The molecule has 2 nitrogen and oxygen atoms in total. The molecular weight excluding hydrogens is 260 g/mol. The second-order valence-corrected chi connectivity index (χ2v) is 4.72. The standard InChI is InChI=1S/C16H13ClO2/c1-11-2-4-12(5-3-11)10-15(16(18)19)13-6-8-14(17)9-7-13/h2-10H,1H3,(H,18,19)/b15-10+. The Morgan fingerprint density at radius 3 is 2.16 bits per heavy atom. The van der Waals surface area contributed by atoms with Gasteiger partial charge in [0.1, 0.15) is 0 Å². The highest BCUT2D eigenvalue weighted by molar-refractivity contribution is 6.30.